The summed E-state index contributed by atoms with van der Waals surface area (Å²) >= 11 is 0. The van der Waals surface area contributed by atoms with Gasteiger partial charge in [0.05, 0.1) is 0 Å². The fraction of sp³-hybridized carbons (Fsp3) is 0.833. The highest BCUT2D eigenvalue weighted by atomic mass is 16.5. The Morgan fingerprint density at radius 3 is 1.83 bits per heavy atom. The highest BCUT2D eigenvalue weighted by Gasteiger charge is 2.07. The third-order valence-corrected chi connectivity index (χ3v) is 1.27. The van der Waals surface area contributed by atoms with Gasteiger partial charge in [0, 0.05) is 6.54 Å². The number of nitrogens with zero attached hydrogens (tertiary/aromatic N) is 1. The molecule has 6 heteroatoms. The monoisotopic (exact) mass is 262 g/mol. The highest BCUT2D eigenvalue weighted by molar-refractivity contribution is 5.75. The van der Waals surface area contributed by atoms with Crippen molar-refractivity contribution in [1.82, 2.24) is 5.32 Å². The van der Waals surface area contributed by atoms with Gasteiger partial charge in [-0.05, 0) is 40.8 Å². The SMILES string of the molecule is CC(C)(C)OC=O.CCCN=C(N)N.CCNC. The summed E-state index contributed by atoms with van der Waals surface area (Å²) in [4.78, 5) is 13.3. The second-order valence-electron chi connectivity index (χ2n) is 4.34. The standard InChI is InChI=1S/C5H10O2.C4H11N3.C3H9N/c1-5(2,3)7-4-6;1-2-3-7-4(5)6;1-3-4-2/h4H,1-3H3;2-3H2,1H3,(H4,5,6,7);4H,3H2,1-2H3. The van der Waals surface area contributed by atoms with E-state index in [0.29, 0.717) is 6.47 Å². The topological polar surface area (TPSA) is 103 Å². The van der Waals surface area contributed by atoms with Crippen molar-refractivity contribution in [3.05, 3.63) is 0 Å². The Balaban J connectivity index is -0.000000196. The second-order valence-corrected chi connectivity index (χ2v) is 4.34. The first-order chi connectivity index (χ1) is 8.24. The number of guanidine groups is 1. The van der Waals surface area contributed by atoms with Gasteiger partial charge in [-0.25, -0.2) is 0 Å². The molecule has 6 nitrogen and oxygen atoms in total. The maximum absolute atomic E-state index is 9.60. The molecule has 0 spiro atoms. The van der Waals surface area contributed by atoms with Crippen LogP contribution in [0.3, 0.4) is 0 Å². The minimum Gasteiger partial charge on any atom is -0.462 e. The van der Waals surface area contributed by atoms with E-state index in [9.17, 15) is 4.79 Å². The second kappa shape index (κ2) is 15.7. The molecule has 0 aromatic heterocycles. The van der Waals surface area contributed by atoms with E-state index in [1.54, 1.807) is 0 Å². The molecule has 110 valence electrons. The zero-order chi connectivity index (χ0) is 15.0. The van der Waals surface area contributed by atoms with E-state index >= 15 is 0 Å². The van der Waals surface area contributed by atoms with Crippen molar-refractivity contribution in [1.29, 1.82) is 0 Å². The largest absolute Gasteiger partial charge is 0.462 e. The lowest BCUT2D eigenvalue weighted by Gasteiger charge is -2.14. The molecular weight excluding hydrogens is 232 g/mol. The lowest BCUT2D eigenvalue weighted by atomic mass is 10.2. The third kappa shape index (κ3) is 46.5. The Labute approximate surface area is 111 Å². The number of rotatable bonds is 4. The van der Waals surface area contributed by atoms with E-state index in [-0.39, 0.29) is 11.6 Å². The number of hydrogen-bond donors (Lipinski definition) is 3. The summed E-state index contributed by atoms with van der Waals surface area (Å²) in [7, 11) is 1.93. The molecule has 0 aromatic rings. The van der Waals surface area contributed by atoms with Gasteiger partial charge in [-0.3, -0.25) is 9.79 Å². The molecule has 0 rings (SSSR count). The van der Waals surface area contributed by atoms with Gasteiger partial charge in [-0.2, -0.15) is 0 Å². The van der Waals surface area contributed by atoms with Crippen molar-refractivity contribution >= 4 is 12.4 Å². The quantitative estimate of drug-likeness (QED) is 0.396. The van der Waals surface area contributed by atoms with Crippen molar-refractivity contribution in [2.75, 3.05) is 20.1 Å². The molecule has 0 saturated carbocycles. The lowest BCUT2D eigenvalue weighted by molar-refractivity contribution is -0.138. The summed E-state index contributed by atoms with van der Waals surface area (Å²) < 4.78 is 4.55. The third-order valence-electron chi connectivity index (χ3n) is 1.27. The van der Waals surface area contributed by atoms with Gasteiger partial charge in [0.15, 0.2) is 5.96 Å². The average molecular weight is 262 g/mol. The Morgan fingerprint density at radius 2 is 1.78 bits per heavy atom. The number of carbonyl (C=O) groups excluding carboxylic acids is 1. The van der Waals surface area contributed by atoms with Crippen molar-refractivity contribution in [2.24, 2.45) is 16.5 Å². The molecule has 0 unspecified atom stereocenters. The number of ether oxygens (including phenoxy) is 1. The summed E-state index contributed by atoms with van der Waals surface area (Å²) in [6, 6.07) is 0. The molecule has 0 amide bonds. The molecule has 0 aromatic carbocycles. The zero-order valence-corrected chi connectivity index (χ0v) is 12.6. The molecule has 0 atom stereocenters. The molecule has 0 bridgehead atoms. The minimum absolute atomic E-state index is 0.182. The van der Waals surface area contributed by atoms with Gasteiger partial charge in [-0.15, -0.1) is 0 Å². The molecular formula is C12H30N4O2. The zero-order valence-electron chi connectivity index (χ0n) is 12.6. The van der Waals surface area contributed by atoms with Crippen molar-refractivity contribution in [2.45, 2.75) is 46.6 Å². The fourth-order valence-corrected chi connectivity index (χ4v) is 0.385. The van der Waals surface area contributed by atoms with E-state index in [4.69, 9.17) is 11.5 Å². The van der Waals surface area contributed by atoms with Gasteiger partial charge in [0.25, 0.3) is 6.47 Å². The van der Waals surface area contributed by atoms with Gasteiger partial charge in [-0.1, -0.05) is 13.8 Å². The number of nitrogens with one attached hydrogen (secondary N) is 1. The Morgan fingerprint density at radius 1 is 1.33 bits per heavy atom. The number of aliphatic imine (C=N–C) groups is 1. The molecule has 0 fully saturated rings. The first-order valence-electron chi connectivity index (χ1n) is 6.06. The molecule has 0 aliphatic heterocycles. The van der Waals surface area contributed by atoms with Crippen LogP contribution >= 0.6 is 0 Å². The normalized spacial score (nSPS) is 9.00. The number of carbonyl (C=O) groups is 1. The fourth-order valence-electron chi connectivity index (χ4n) is 0.385. The Kier molecular flexibility index (Phi) is 19.1. The first kappa shape index (κ1) is 21.9. The number of hydrogen-bond acceptors (Lipinski definition) is 4. The summed E-state index contributed by atoms with van der Waals surface area (Å²) in [5, 5.41) is 2.93. The van der Waals surface area contributed by atoms with Crippen molar-refractivity contribution in [3.8, 4) is 0 Å². The molecule has 0 saturated heterocycles. The van der Waals surface area contributed by atoms with Crippen LogP contribution in [-0.4, -0.2) is 38.2 Å². The van der Waals surface area contributed by atoms with Crippen LogP contribution in [0.4, 0.5) is 0 Å². The van der Waals surface area contributed by atoms with Gasteiger partial charge in [0.1, 0.15) is 5.60 Å². The molecule has 0 aliphatic rings. The molecule has 0 heterocycles. The van der Waals surface area contributed by atoms with Crippen LogP contribution in [0.15, 0.2) is 4.99 Å². The molecule has 18 heavy (non-hydrogen) atoms. The molecule has 0 aliphatic carbocycles. The van der Waals surface area contributed by atoms with Crippen LogP contribution in [0.1, 0.15) is 41.0 Å². The summed E-state index contributed by atoms with van der Waals surface area (Å²) in [6.07, 6.45) is 0.998. The highest BCUT2D eigenvalue weighted by Crippen LogP contribution is 2.02. The summed E-state index contributed by atoms with van der Waals surface area (Å²) in [5.74, 6) is 0.182. The minimum atomic E-state index is -0.318. The smallest absolute Gasteiger partial charge is 0.293 e. The van der Waals surface area contributed by atoms with Crippen LogP contribution in [0.5, 0.6) is 0 Å². The summed E-state index contributed by atoms with van der Waals surface area (Å²) in [6.45, 7) is 11.8. The van der Waals surface area contributed by atoms with Crippen molar-refractivity contribution in [3.63, 3.8) is 0 Å². The molecule has 0 radical (unpaired) electrons. The van der Waals surface area contributed by atoms with Crippen LogP contribution in [0, 0.1) is 0 Å². The van der Waals surface area contributed by atoms with Gasteiger partial charge < -0.3 is 21.5 Å². The Hall–Kier alpha value is -1.30. The number of nitrogens with two attached hydrogens (primary N) is 2. The van der Waals surface area contributed by atoms with Gasteiger partial charge in [0.2, 0.25) is 0 Å². The van der Waals surface area contributed by atoms with E-state index in [2.05, 4.69) is 22.0 Å². The predicted molar refractivity (Wildman–Crippen MR) is 77.5 cm³/mol. The van der Waals surface area contributed by atoms with E-state index in [1.165, 1.54) is 0 Å². The maximum Gasteiger partial charge on any atom is 0.293 e. The lowest BCUT2D eigenvalue weighted by Crippen LogP contribution is -2.22. The van der Waals surface area contributed by atoms with E-state index in [0.717, 1.165) is 19.5 Å². The van der Waals surface area contributed by atoms with Crippen molar-refractivity contribution < 1.29 is 9.53 Å². The first-order valence-corrected chi connectivity index (χ1v) is 6.06. The maximum atomic E-state index is 9.60. The molecule has 5 N–H and O–H groups in total. The van der Waals surface area contributed by atoms with Crippen LogP contribution in [-0.2, 0) is 9.53 Å². The Bertz CT molecular complexity index is 195. The van der Waals surface area contributed by atoms with Crippen LogP contribution in [0.25, 0.3) is 0 Å². The van der Waals surface area contributed by atoms with E-state index in [1.807, 2.05) is 34.7 Å². The summed E-state index contributed by atoms with van der Waals surface area (Å²) in [5.41, 5.74) is 9.69. The predicted octanol–water partition coefficient (Wildman–Crippen LogP) is 0.853. The van der Waals surface area contributed by atoms with Crippen LogP contribution in [0.2, 0.25) is 0 Å². The van der Waals surface area contributed by atoms with E-state index < -0.39 is 0 Å². The van der Waals surface area contributed by atoms with Gasteiger partial charge >= 0.3 is 0 Å². The van der Waals surface area contributed by atoms with Crippen LogP contribution < -0.4 is 16.8 Å². The average Bonchev–Trinajstić information content (AvgIpc) is 2.26.